The minimum atomic E-state index is -0.252. The van der Waals surface area contributed by atoms with Gasteiger partial charge >= 0.3 is 0 Å². The normalized spacial score (nSPS) is 16.6. The van der Waals surface area contributed by atoms with Crippen LogP contribution < -0.4 is 5.73 Å². The Labute approximate surface area is 227 Å². The maximum atomic E-state index is 12.4. The molecule has 1 amide bonds. The molecule has 0 aromatic heterocycles. The van der Waals surface area contributed by atoms with Crippen LogP contribution in [0.25, 0.3) is 0 Å². The fourth-order valence-electron chi connectivity index (χ4n) is 6.62. The highest BCUT2D eigenvalue weighted by molar-refractivity contribution is 5.78. The number of hydrogen-bond donors (Lipinski definition) is 1. The Morgan fingerprint density at radius 2 is 1.13 bits per heavy atom. The molecule has 194 valence electrons. The Kier molecular flexibility index (Phi) is 7.76. The fourth-order valence-corrected chi connectivity index (χ4v) is 6.62. The number of carbonyl (C=O) groups excluding carboxylic acids is 1. The van der Waals surface area contributed by atoms with E-state index in [1.807, 2.05) is 13.0 Å². The van der Waals surface area contributed by atoms with Crippen molar-refractivity contribution in [3.63, 3.8) is 0 Å². The van der Waals surface area contributed by atoms with E-state index in [-0.39, 0.29) is 22.7 Å². The molecule has 0 spiro atoms. The van der Waals surface area contributed by atoms with Crippen LogP contribution in [0.5, 0.6) is 0 Å². The zero-order valence-corrected chi connectivity index (χ0v) is 22.3. The molecule has 1 aliphatic heterocycles. The Balaban J connectivity index is 1.45. The molecule has 0 radical (unpaired) electrons. The summed E-state index contributed by atoms with van der Waals surface area (Å²) in [4.78, 5) is 15.0. The van der Waals surface area contributed by atoms with Gasteiger partial charge in [0.15, 0.2) is 0 Å². The number of nitrogens with two attached hydrogens (primary N) is 1. The van der Waals surface area contributed by atoms with Gasteiger partial charge in [0, 0.05) is 16.7 Å². The van der Waals surface area contributed by atoms with Crippen molar-refractivity contribution < 1.29 is 4.79 Å². The van der Waals surface area contributed by atoms with Crippen LogP contribution in [-0.4, -0.2) is 30.4 Å². The Morgan fingerprint density at radius 1 is 0.737 bits per heavy atom. The lowest BCUT2D eigenvalue weighted by Gasteiger charge is -2.46. The van der Waals surface area contributed by atoms with Gasteiger partial charge in [0.1, 0.15) is 0 Å². The Bertz CT molecular complexity index is 1200. The van der Waals surface area contributed by atoms with Crippen molar-refractivity contribution in [2.45, 2.75) is 37.0 Å². The average Bonchev–Trinajstić information content (AvgIpc) is 2.99. The van der Waals surface area contributed by atoms with Gasteiger partial charge in [0.05, 0.1) is 0 Å². The van der Waals surface area contributed by atoms with E-state index in [1.165, 1.54) is 22.3 Å². The van der Waals surface area contributed by atoms with Gasteiger partial charge in [0.2, 0.25) is 5.91 Å². The van der Waals surface area contributed by atoms with Crippen LogP contribution in [0.2, 0.25) is 0 Å². The smallest absolute Gasteiger partial charge is 0.221 e. The van der Waals surface area contributed by atoms with E-state index in [1.54, 1.807) is 0 Å². The number of piperidine rings is 1. The standard InChI is InChI=1S/C35H38N2O/c1-28(33(36)38)34(29-14-6-2-7-15-29)22-25-37(26-23-34)27-24-35(30-16-8-3-9-17-30,31-18-10-4-11-19-31)32-20-12-5-13-21-32/h2-21,28H,22-27H2,1H3,(H2,36,38). The topological polar surface area (TPSA) is 46.3 Å². The molecule has 1 aliphatic rings. The van der Waals surface area contributed by atoms with E-state index in [4.69, 9.17) is 5.73 Å². The molecule has 3 nitrogen and oxygen atoms in total. The summed E-state index contributed by atoms with van der Waals surface area (Å²) in [6, 6.07) is 43.3. The van der Waals surface area contributed by atoms with Crippen molar-refractivity contribution in [1.29, 1.82) is 0 Å². The van der Waals surface area contributed by atoms with E-state index < -0.39 is 0 Å². The second kappa shape index (κ2) is 11.4. The molecular weight excluding hydrogens is 464 g/mol. The number of hydrogen-bond acceptors (Lipinski definition) is 2. The van der Waals surface area contributed by atoms with E-state index >= 15 is 0 Å². The molecule has 2 N–H and O–H groups in total. The van der Waals surface area contributed by atoms with Crippen LogP contribution in [0.1, 0.15) is 48.4 Å². The van der Waals surface area contributed by atoms with Crippen molar-refractivity contribution in [2.75, 3.05) is 19.6 Å². The van der Waals surface area contributed by atoms with Gasteiger partial charge in [0.25, 0.3) is 0 Å². The number of nitrogens with zero attached hydrogens (tertiary/aromatic N) is 1. The summed E-state index contributed by atoms with van der Waals surface area (Å²) in [6.07, 6.45) is 2.82. The predicted octanol–water partition coefficient (Wildman–Crippen LogP) is 6.57. The number of carbonyl (C=O) groups is 1. The molecule has 0 saturated carbocycles. The lowest BCUT2D eigenvalue weighted by atomic mass is 9.64. The average molecular weight is 503 g/mol. The largest absolute Gasteiger partial charge is 0.369 e. The Hall–Kier alpha value is -3.69. The molecule has 4 aromatic carbocycles. The van der Waals surface area contributed by atoms with Gasteiger partial charge in [-0.15, -0.1) is 0 Å². The van der Waals surface area contributed by atoms with Crippen LogP contribution in [0, 0.1) is 5.92 Å². The van der Waals surface area contributed by atoms with Gasteiger partial charge in [-0.3, -0.25) is 4.79 Å². The zero-order chi connectivity index (χ0) is 26.4. The summed E-state index contributed by atoms with van der Waals surface area (Å²) in [7, 11) is 0. The third-order valence-corrected chi connectivity index (χ3v) is 8.96. The number of amides is 1. The number of primary amides is 1. The second-order valence-electron chi connectivity index (χ2n) is 10.7. The summed E-state index contributed by atoms with van der Waals surface area (Å²) in [5, 5.41) is 0. The first-order valence-corrected chi connectivity index (χ1v) is 13.8. The fraction of sp³-hybridized carbons (Fsp3) is 0.286. The number of rotatable bonds is 9. The van der Waals surface area contributed by atoms with Crippen LogP contribution in [0.15, 0.2) is 121 Å². The summed E-state index contributed by atoms with van der Waals surface area (Å²) in [5.74, 6) is -0.414. The monoisotopic (exact) mass is 502 g/mol. The first-order valence-electron chi connectivity index (χ1n) is 13.8. The highest BCUT2D eigenvalue weighted by Crippen LogP contribution is 2.45. The summed E-state index contributed by atoms with van der Waals surface area (Å²) >= 11 is 0. The van der Waals surface area contributed by atoms with Crippen molar-refractivity contribution in [3.8, 4) is 0 Å². The van der Waals surface area contributed by atoms with Gasteiger partial charge in [-0.2, -0.15) is 0 Å². The molecule has 1 atom stereocenters. The maximum absolute atomic E-state index is 12.4. The molecule has 1 fully saturated rings. The third-order valence-electron chi connectivity index (χ3n) is 8.96. The highest BCUT2D eigenvalue weighted by Gasteiger charge is 2.44. The van der Waals surface area contributed by atoms with E-state index in [0.717, 1.165) is 38.9 Å². The van der Waals surface area contributed by atoms with Gasteiger partial charge in [-0.1, -0.05) is 128 Å². The van der Waals surface area contributed by atoms with Gasteiger partial charge < -0.3 is 10.6 Å². The second-order valence-corrected chi connectivity index (χ2v) is 10.7. The van der Waals surface area contributed by atoms with Crippen LogP contribution in [0.4, 0.5) is 0 Å². The van der Waals surface area contributed by atoms with Crippen molar-refractivity contribution in [2.24, 2.45) is 11.7 Å². The molecule has 0 aliphatic carbocycles. The molecule has 38 heavy (non-hydrogen) atoms. The predicted molar refractivity (Wildman–Crippen MR) is 156 cm³/mol. The number of likely N-dealkylation sites (tertiary alicyclic amines) is 1. The first-order chi connectivity index (χ1) is 18.6. The SMILES string of the molecule is CC(C(N)=O)C1(c2ccccc2)CCN(CCC(c2ccccc2)(c2ccccc2)c2ccccc2)CC1. The summed E-state index contributed by atoms with van der Waals surface area (Å²) < 4.78 is 0. The van der Waals surface area contributed by atoms with Crippen molar-refractivity contribution in [3.05, 3.63) is 144 Å². The summed E-state index contributed by atoms with van der Waals surface area (Å²) in [6.45, 7) is 4.87. The lowest BCUT2D eigenvalue weighted by Crippen LogP contribution is -2.50. The minimum Gasteiger partial charge on any atom is -0.369 e. The molecule has 3 heteroatoms. The molecule has 0 bridgehead atoms. The van der Waals surface area contributed by atoms with Crippen LogP contribution in [-0.2, 0) is 15.6 Å². The minimum absolute atomic E-state index is 0.205. The molecule has 1 unspecified atom stereocenters. The van der Waals surface area contributed by atoms with Crippen molar-refractivity contribution in [1.82, 2.24) is 4.90 Å². The highest BCUT2D eigenvalue weighted by atomic mass is 16.1. The van der Waals surface area contributed by atoms with Crippen LogP contribution >= 0.6 is 0 Å². The van der Waals surface area contributed by atoms with E-state index in [9.17, 15) is 4.79 Å². The lowest BCUT2D eigenvalue weighted by molar-refractivity contribution is -0.124. The van der Waals surface area contributed by atoms with E-state index in [0.29, 0.717) is 0 Å². The van der Waals surface area contributed by atoms with Crippen LogP contribution in [0.3, 0.4) is 0 Å². The summed E-state index contributed by atoms with van der Waals surface area (Å²) in [5.41, 5.74) is 10.6. The quantitative estimate of drug-likeness (QED) is 0.263. The molecular formula is C35H38N2O. The maximum Gasteiger partial charge on any atom is 0.221 e. The number of benzene rings is 4. The Morgan fingerprint density at radius 3 is 1.53 bits per heavy atom. The zero-order valence-electron chi connectivity index (χ0n) is 22.3. The third kappa shape index (κ3) is 4.91. The molecule has 4 aromatic rings. The van der Waals surface area contributed by atoms with Gasteiger partial charge in [-0.05, 0) is 61.2 Å². The molecule has 1 saturated heterocycles. The molecule has 5 rings (SSSR count). The van der Waals surface area contributed by atoms with E-state index in [2.05, 4.69) is 120 Å². The first kappa shape index (κ1) is 25.9. The van der Waals surface area contributed by atoms with Crippen molar-refractivity contribution >= 4 is 5.91 Å². The molecule has 1 heterocycles. The van der Waals surface area contributed by atoms with Gasteiger partial charge in [-0.25, -0.2) is 0 Å².